The maximum absolute atomic E-state index is 15.3. The van der Waals surface area contributed by atoms with Crippen LogP contribution < -0.4 is 4.74 Å². The molecule has 2 aromatic rings. The summed E-state index contributed by atoms with van der Waals surface area (Å²) in [5, 5.41) is 11.9. The number of ether oxygens (including phenoxy) is 2. The van der Waals surface area contributed by atoms with Crippen LogP contribution in [-0.4, -0.2) is 40.8 Å². The van der Waals surface area contributed by atoms with Crippen molar-refractivity contribution in [2.45, 2.75) is 37.8 Å². The number of amides is 1. The van der Waals surface area contributed by atoms with Crippen LogP contribution in [0.4, 0.5) is 19.3 Å². The lowest BCUT2D eigenvalue weighted by Crippen LogP contribution is -2.36. The van der Waals surface area contributed by atoms with E-state index in [1.165, 1.54) is 30.3 Å². The van der Waals surface area contributed by atoms with Crippen LogP contribution in [0.25, 0.3) is 0 Å². The largest absolute Gasteiger partial charge is 0.514 e. The molecule has 11 heteroatoms. The molecular formula is C23H22F2N2O7. The molecule has 1 aliphatic rings. The summed E-state index contributed by atoms with van der Waals surface area (Å²) < 4.78 is 40.4. The van der Waals surface area contributed by atoms with Gasteiger partial charge < -0.3 is 9.47 Å². The van der Waals surface area contributed by atoms with Crippen molar-refractivity contribution in [2.75, 3.05) is 6.61 Å². The summed E-state index contributed by atoms with van der Waals surface area (Å²) in [4.78, 5) is 39.6. The summed E-state index contributed by atoms with van der Waals surface area (Å²) in [6, 6.07) is 10.7. The minimum absolute atomic E-state index is 0.120. The lowest BCUT2D eigenvalue weighted by atomic mass is 10.0. The van der Waals surface area contributed by atoms with Gasteiger partial charge in [-0.3, -0.25) is 19.7 Å². The summed E-state index contributed by atoms with van der Waals surface area (Å²) in [6.07, 6.45) is -0.618. The maximum atomic E-state index is 15.3. The number of hydrogen-bond acceptors (Lipinski definition) is 7. The average molecular weight is 476 g/mol. The first-order valence-corrected chi connectivity index (χ1v) is 10.4. The molecule has 1 amide bonds. The Bertz CT molecular complexity index is 1050. The van der Waals surface area contributed by atoms with Crippen LogP contribution in [0.3, 0.4) is 0 Å². The Kier molecular flexibility index (Phi) is 7.90. The van der Waals surface area contributed by atoms with Gasteiger partial charge in [-0.1, -0.05) is 36.4 Å². The first-order chi connectivity index (χ1) is 16.2. The number of rotatable bonds is 9. The van der Waals surface area contributed by atoms with Crippen LogP contribution in [0.2, 0.25) is 0 Å². The molecule has 9 nitrogen and oxygen atoms in total. The highest BCUT2D eigenvalue weighted by atomic mass is 19.3. The molecule has 1 fully saturated rings. The van der Waals surface area contributed by atoms with Crippen molar-refractivity contribution in [3.05, 3.63) is 82.4 Å². The van der Waals surface area contributed by atoms with E-state index in [-0.39, 0.29) is 30.4 Å². The summed E-state index contributed by atoms with van der Waals surface area (Å²) in [6.45, 7) is 1.91. The quantitative estimate of drug-likeness (QED) is 0.169. The highest BCUT2D eigenvalue weighted by Gasteiger charge is 2.44. The molecule has 1 aliphatic heterocycles. The van der Waals surface area contributed by atoms with Crippen molar-refractivity contribution in [2.24, 2.45) is 0 Å². The van der Waals surface area contributed by atoms with E-state index in [1.807, 2.05) is 0 Å². The normalized spacial score (nSPS) is 17.1. The minimum Gasteiger partial charge on any atom is -0.420 e. The number of halogens is 2. The Morgan fingerprint density at radius 3 is 2.53 bits per heavy atom. The monoisotopic (exact) mass is 476 g/mol. The van der Waals surface area contributed by atoms with Crippen molar-refractivity contribution in [1.82, 2.24) is 5.06 Å². The lowest BCUT2D eigenvalue weighted by molar-refractivity contribution is -0.384. The van der Waals surface area contributed by atoms with E-state index < -0.39 is 34.7 Å². The first-order valence-electron chi connectivity index (χ1n) is 10.4. The molecular weight excluding hydrogens is 454 g/mol. The standard InChI is InChI=1S/C23H22F2N2O7/c1-2-32-26-17(11-15-21(26)28)10-14-20(23(24,25)16-6-4-3-5-7-16)34-22(29)33-19-12-8-18(9-13-19)27(30)31/h3-10,12-14,17,20H,2,11,15H2,1H3/b14-10+/t17-,20+/m0/s1. The molecule has 3 rings (SSSR count). The molecule has 0 saturated carbocycles. The molecule has 0 aliphatic carbocycles. The van der Waals surface area contributed by atoms with Crippen LogP contribution in [0.15, 0.2) is 66.7 Å². The van der Waals surface area contributed by atoms with E-state index in [0.29, 0.717) is 6.42 Å². The molecule has 180 valence electrons. The lowest BCUT2D eigenvalue weighted by Gasteiger charge is -2.25. The Balaban J connectivity index is 1.80. The number of nitro groups is 1. The van der Waals surface area contributed by atoms with Crippen molar-refractivity contribution in [3.63, 3.8) is 0 Å². The SMILES string of the molecule is CCON1C(=O)CC[C@@H]1/C=C/[C@@H](OC(=O)Oc1ccc([N+](=O)[O-])cc1)C(F)(F)c1ccccc1. The number of non-ortho nitro benzene ring substituents is 1. The number of carbonyl (C=O) groups is 2. The highest BCUT2D eigenvalue weighted by Crippen LogP contribution is 2.35. The van der Waals surface area contributed by atoms with Gasteiger partial charge in [-0.05, 0) is 31.6 Å². The first kappa shape index (κ1) is 24.8. The van der Waals surface area contributed by atoms with Crippen LogP contribution in [0.5, 0.6) is 5.75 Å². The maximum Gasteiger partial charge on any atom is 0.514 e. The van der Waals surface area contributed by atoms with Crippen LogP contribution in [-0.2, 0) is 20.3 Å². The second kappa shape index (κ2) is 10.8. The summed E-state index contributed by atoms with van der Waals surface area (Å²) in [5.74, 6) is -4.03. The van der Waals surface area contributed by atoms with E-state index in [0.717, 1.165) is 35.4 Å². The number of carbonyl (C=O) groups excluding carboxylic acids is 2. The molecule has 0 radical (unpaired) electrons. The van der Waals surface area contributed by atoms with Gasteiger partial charge in [-0.25, -0.2) is 9.86 Å². The third kappa shape index (κ3) is 5.93. The van der Waals surface area contributed by atoms with Gasteiger partial charge in [0, 0.05) is 24.1 Å². The fourth-order valence-corrected chi connectivity index (χ4v) is 3.31. The van der Waals surface area contributed by atoms with Crippen molar-refractivity contribution in [3.8, 4) is 5.75 Å². The second-order valence-electron chi connectivity index (χ2n) is 7.26. The van der Waals surface area contributed by atoms with Gasteiger partial charge in [-0.15, -0.1) is 0 Å². The molecule has 34 heavy (non-hydrogen) atoms. The molecule has 0 unspecified atom stereocenters. The zero-order valence-electron chi connectivity index (χ0n) is 18.1. The van der Waals surface area contributed by atoms with E-state index in [1.54, 1.807) is 13.0 Å². The fourth-order valence-electron chi connectivity index (χ4n) is 3.31. The highest BCUT2D eigenvalue weighted by molar-refractivity contribution is 5.78. The number of nitro benzene ring substituents is 1. The van der Waals surface area contributed by atoms with Crippen molar-refractivity contribution < 1.29 is 37.6 Å². The minimum atomic E-state index is -3.63. The summed E-state index contributed by atoms with van der Waals surface area (Å²) in [7, 11) is 0. The van der Waals surface area contributed by atoms with Gasteiger partial charge in [0.2, 0.25) is 5.91 Å². The van der Waals surface area contributed by atoms with Gasteiger partial charge in [0.25, 0.3) is 5.69 Å². The molecule has 1 heterocycles. The van der Waals surface area contributed by atoms with E-state index >= 15 is 8.78 Å². The number of benzene rings is 2. The predicted octanol–water partition coefficient (Wildman–Crippen LogP) is 4.77. The van der Waals surface area contributed by atoms with E-state index in [4.69, 9.17) is 14.3 Å². The molecule has 2 atom stereocenters. The molecule has 0 N–H and O–H groups in total. The van der Waals surface area contributed by atoms with Crippen LogP contribution >= 0.6 is 0 Å². The summed E-state index contributed by atoms with van der Waals surface area (Å²) >= 11 is 0. The molecule has 0 bridgehead atoms. The van der Waals surface area contributed by atoms with Crippen LogP contribution in [0.1, 0.15) is 25.3 Å². The Morgan fingerprint density at radius 1 is 1.24 bits per heavy atom. The predicted molar refractivity (Wildman–Crippen MR) is 115 cm³/mol. The van der Waals surface area contributed by atoms with Gasteiger partial charge >= 0.3 is 12.1 Å². The van der Waals surface area contributed by atoms with Gasteiger partial charge in [0.05, 0.1) is 17.6 Å². The molecule has 0 aromatic heterocycles. The third-order valence-corrected chi connectivity index (χ3v) is 4.97. The van der Waals surface area contributed by atoms with Gasteiger partial charge in [0.1, 0.15) is 5.75 Å². The molecule has 1 saturated heterocycles. The van der Waals surface area contributed by atoms with Gasteiger partial charge in [-0.2, -0.15) is 8.78 Å². The number of alkyl halides is 2. The van der Waals surface area contributed by atoms with Gasteiger partial charge in [0.15, 0.2) is 6.10 Å². The zero-order valence-corrected chi connectivity index (χ0v) is 18.1. The zero-order chi connectivity index (χ0) is 24.7. The molecule has 2 aromatic carbocycles. The Morgan fingerprint density at radius 2 is 1.91 bits per heavy atom. The Hall–Kier alpha value is -3.86. The smallest absolute Gasteiger partial charge is 0.420 e. The topological polar surface area (TPSA) is 108 Å². The molecule has 0 spiro atoms. The summed E-state index contributed by atoms with van der Waals surface area (Å²) in [5.41, 5.74) is -0.626. The number of nitrogens with zero attached hydrogens (tertiary/aromatic N) is 2. The van der Waals surface area contributed by atoms with Crippen molar-refractivity contribution in [1.29, 1.82) is 0 Å². The van der Waals surface area contributed by atoms with E-state index in [9.17, 15) is 19.7 Å². The number of hydroxylamine groups is 2. The van der Waals surface area contributed by atoms with Crippen LogP contribution in [0, 0.1) is 10.1 Å². The second-order valence-corrected chi connectivity index (χ2v) is 7.26. The van der Waals surface area contributed by atoms with Crippen molar-refractivity contribution >= 4 is 17.7 Å². The average Bonchev–Trinajstić information content (AvgIpc) is 3.17. The fraction of sp³-hybridized carbons (Fsp3) is 0.304. The third-order valence-electron chi connectivity index (χ3n) is 4.97. The Labute approximate surface area is 193 Å². The van der Waals surface area contributed by atoms with E-state index in [2.05, 4.69) is 0 Å². The number of hydrogen-bond donors (Lipinski definition) is 0.